The molecule has 0 aliphatic carbocycles. The van der Waals surface area contributed by atoms with Crippen molar-refractivity contribution in [3.63, 3.8) is 0 Å². The standard InChI is InChI=1S/C19H19Cl2N7/c1-3-22-9-11-4-5-12(14(20)8-11)18-25-19(28(2)27-18)24-16-7-6-15-13(17(16)21)10-23-26-15/h4-8,10,22H,3,9H2,1-2H3,(H,23,26)(H,24,25,27). The molecule has 0 saturated heterocycles. The maximum Gasteiger partial charge on any atom is 0.225 e. The van der Waals surface area contributed by atoms with Gasteiger partial charge in [-0.2, -0.15) is 10.1 Å². The Morgan fingerprint density at radius 2 is 2.04 bits per heavy atom. The third-order valence-electron chi connectivity index (χ3n) is 4.42. The molecule has 4 aromatic rings. The Bertz CT molecular complexity index is 1130. The highest BCUT2D eigenvalue weighted by atomic mass is 35.5. The molecule has 0 aliphatic heterocycles. The van der Waals surface area contributed by atoms with Crippen LogP contribution in [0.2, 0.25) is 10.0 Å². The molecule has 28 heavy (non-hydrogen) atoms. The van der Waals surface area contributed by atoms with Gasteiger partial charge in [-0.05, 0) is 36.4 Å². The van der Waals surface area contributed by atoms with E-state index >= 15 is 0 Å². The van der Waals surface area contributed by atoms with Gasteiger partial charge in [0.25, 0.3) is 0 Å². The van der Waals surface area contributed by atoms with Crippen LogP contribution < -0.4 is 10.6 Å². The molecule has 2 aromatic heterocycles. The normalized spacial score (nSPS) is 11.3. The summed E-state index contributed by atoms with van der Waals surface area (Å²) < 4.78 is 1.66. The summed E-state index contributed by atoms with van der Waals surface area (Å²) in [7, 11) is 1.82. The van der Waals surface area contributed by atoms with E-state index in [-0.39, 0.29) is 0 Å². The largest absolute Gasteiger partial charge is 0.323 e. The van der Waals surface area contributed by atoms with Crippen molar-refractivity contribution < 1.29 is 0 Å². The topological polar surface area (TPSA) is 83.5 Å². The van der Waals surface area contributed by atoms with E-state index in [4.69, 9.17) is 23.2 Å². The van der Waals surface area contributed by atoms with E-state index in [1.165, 1.54) is 0 Å². The van der Waals surface area contributed by atoms with Gasteiger partial charge in [0.2, 0.25) is 5.95 Å². The Kier molecular flexibility index (Phi) is 5.21. The minimum atomic E-state index is 0.547. The Morgan fingerprint density at radius 3 is 2.82 bits per heavy atom. The van der Waals surface area contributed by atoms with Crippen LogP contribution in [0, 0.1) is 0 Å². The SMILES string of the molecule is CCNCc1ccc(-c2nc(Nc3ccc4[nH]ncc4c3Cl)n(C)n2)c(Cl)c1. The van der Waals surface area contributed by atoms with E-state index in [0.717, 1.165) is 40.8 Å². The van der Waals surface area contributed by atoms with E-state index in [2.05, 4.69) is 37.8 Å². The van der Waals surface area contributed by atoms with Gasteiger partial charge in [0.15, 0.2) is 5.82 Å². The maximum atomic E-state index is 6.49. The molecule has 0 bridgehead atoms. The molecular weight excluding hydrogens is 397 g/mol. The molecule has 7 nitrogen and oxygen atoms in total. The molecule has 0 aliphatic rings. The summed E-state index contributed by atoms with van der Waals surface area (Å²) >= 11 is 13.0. The number of hydrogen-bond acceptors (Lipinski definition) is 5. The van der Waals surface area contributed by atoms with Gasteiger partial charge in [-0.15, -0.1) is 5.10 Å². The zero-order chi connectivity index (χ0) is 19.7. The zero-order valence-electron chi connectivity index (χ0n) is 15.4. The summed E-state index contributed by atoms with van der Waals surface area (Å²) in [6.45, 7) is 3.75. The summed E-state index contributed by atoms with van der Waals surface area (Å²) in [5, 5.41) is 20.0. The van der Waals surface area contributed by atoms with Crippen molar-refractivity contribution in [1.29, 1.82) is 0 Å². The molecule has 0 spiro atoms. The quantitative estimate of drug-likeness (QED) is 0.431. The fourth-order valence-electron chi connectivity index (χ4n) is 2.93. The van der Waals surface area contributed by atoms with Crippen LogP contribution in [-0.4, -0.2) is 31.5 Å². The highest BCUT2D eigenvalue weighted by molar-refractivity contribution is 6.38. The Morgan fingerprint density at radius 1 is 1.18 bits per heavy atom. The number of anilines is 2. The Balaban J connectivity index is 1.62. The third kappa shape index (κ3) is 3.56. The van der Waals surface area contributed by atoms with Crippen LogP contribution in [0.4, 0.5) is 11.6 Å². The van der Waals surface area contributed by atoms with E-state index in [0.29, 0.717) is 21.8 Å². The number of hydrogen-bond donors (Lipinski definition) is 3. The first-order valence-corrected chi connectivity index (χ1v) is 9.61. The number of benzene rings is 2. The number of nitrogens with one attached hydrogen (secondary N) is 3. The van der Waals surface area contributed by atoms with Gasteiger partial charge >= 0.3 is 0 Å². The van der Waals surface area contributed by atoms with Gasteiger partial charge in [0.1, 0.15) is 0 Å². The van der Waals surface area contributed by atoms with Crippen LogP contribution in [0.1, 0.15) is 12.5 Å². The van der Waals surface area contributed by atoms with Gasteiger partial charge in [0.05, 0.1) is 27.4 Å². The average Bonchev–Trinajstić information content (AvgIpc) is 3.30. The molecule has 0 atom stereocenters. The van der Waals surface area contributed by atoms with E-state index in [9.17, 15) is 0 Å². The lowest BCUT2D eigenvalue weighted by Crippen LogP contribution is -2.11. The minimum absolute atomic E-state index is 0.547. The van der Waals surface area contributed by atoms with Gasteiger partial charge in [0, 0.05) is 24.5 Å². The smallest absolute Gasteiger partial charge is 0.225 e. The van der Waals surface area contributed by atoms with Crippen molar-refractivity contribution in [1.82, 2.24) is 30.3 Å². The summed E-state index contributed by atoms with van der Waals surface area (Å²) in [5.74, 6) is 1.11. The zero-order valence-corrected chi connectivity index (χ0v) is 16.9. The van der Waals surface area contributed by atoms with Crippen molar-refractivity contribution in [2.75, 3.05) is 11.9 Å². The van der Waals surface area contributed by atoms with Crippen molar-refractivity contribution in [3.05, 3.63) is 52.1 Å². The van der Waals surface area contributed by atoms with Crippen molar-refractivity contribution in [2.45, 2.75) is 13.5 Å². The number of aryl methyl sites for hydroxylation is 1. The second kappa shape index (κ2) is 7.79. The van der Waals surface area contributed by atoms with Gasteiger partial charge in [-0.1, -0.05) is 36.2 Å². The van der Waals surface area contributed by atoms with Crippen LogP contribution in [0.3, 0.4) is 0 Å². The number of halogens is 2. The Hall–Kier alpha value is -2.61. The van der Waals surface area contributed by atoms with Crippen LogP contribution in [0.5, 0.6) is 0 Å². The summed E-state index contributed by atoms with van der Waals surface area (Å²) in [6, 6.07) is 9.69. The van der Waals surface area contributed by atoms with Crippen molar-refractivity contribution in [3.8, 4) is 11.4 Å². The lowest BCUT2D eigenvalue weighted by atomic mass is 10.1. The van der Waals surface area contributed by atoms with Gasteiger partial charge < -0.3 is 10.6 Å². The monoisotopic (exact) mass is 415 g/mol. The second-order valence-corrected chi connectivity index (χ2v) is 7.15. The first-order valence-electron chi connectivity index (χ1n) is 8.86. The number of aromatic amines is 1. The summed E-state index contributed by atoms with van der Waals surface area (Å²) in [5.41, 5.74) is 3.50. The predicted molar refractivity (Wildman–Crippen MR) is 113 cm³/mol. The van der Waals surface area contributed by atoms with Crippen molar-refractivity contribution in [2.24, 2.45) is 7.05 Å². The van der Waals surface area contributed by atoms with E-state index in [1.807, 2.05) is 37.4 Å². The van der Waals surface area contributed by atoms with Crippen LogP contribution in [-0.2, 0) is 13.6 Å². The first-order chi connectivity index (χ1) is 13.6. The summed E-state index contributed by atoms with van der Waals surface area (Å²) in [4.78, 5) is 4.60. The van der Waals surface area contributed by atoms with Crippen molar-refractivity contribution >= 4 is 45.7 Å². The molecule has 2 aromatic carbocycles. The third-order valence-corrected chi connectivity index (χ3v) is 5.14. The fourth-order valence-corrected chi connectivity index (χ4v) is 3.48. The van der Waals surface area contributed by atoms with Gasteiger partial charge in [-0.3, -0.25) is 5.10 Å². The molecule has 144 valence electrons. The molecule has 3 N–H and O–H groups in total. The van der Waals surface area contributed by atoms with Crippen LogP contribution in [0.25, 0.3) is 22.3 Å². The first kappa shape index (κ1) is 18.7. The van der Waals surface area contributed by atoms with Crippen LogP contribution in [0.15, 0.2) is 36.5 Å². The average molecular weight is 416 g/mol. The number of H-pyrrole nitrogens is 1. The van der Waals surface area contributed by atoms with E-state index < -0.39 is 0 Å². The molecular formula is C19H19Cl2N7. The van der Waals surface area contributed by atoms with Crippen LogP contribution >= 0.6 is 23.2 Å². The Labute approximate surface area is 172 Å². The molecule has 9 heteroatoms. The van der Waals surface area contributed by atoms with Gasteiger partial charge in [-0.25, -0.2) is 4.68 Å². The molecule has 0 amide bonds. The number of rotatable bonds is 6. The number of nitrogens with zero attached hydrogens (tertiary/aromatic N) is 4. The highest BCUT2D eigenvalue weighted by Gasteiger charge is 2.15. The lowest BCUT2D eigenvalue weighted by molar-refractivity contribution is 0.727. The maximum absolute atomic E-state index is 6.49. The second-order valence-electron chi connectivity index (χ2n) is 6.36. The number of fused-ring (bicyclic) bond motifs is 1. The lowest BCUT2D eigenvalue weighted by Gasteiger charge is -2.07. The number of aromatic nitrogens is 5. The summed E-state index contributed by atoms with van der Waals surface area (Å²) in [6.07, 6.45) is 1.69. The minimum Gasteiger partial charge on any atom is -0.323 e. The molecule has 0 unspecified atom stereocenters. The molecule has 0 radical (unpaired) electrons. The molecule has 0 fully saturated rings. The molecule has 0 saturated carbocycles. The fraction of sp³-hybridized carbons (Fsp3) is 0.211. The molecule has 2 heterocycles. The molecule has 4 rings (SSSR count). The van der Waals surface area contributed by atoms with E-state index in [1.54, 1.807) is 10.9 Å². The predicted octanol–water partition coefficient (Wildman–Crippen LogP) is 4.52. The highest BCUT2D eigenvalue weighted by Crippen LogP contribution is 2.33.